The van der Waals surface area contributed by atoms with E-state index >= 15 is 0 Å². The van der Waals surface area contributed by atoms with Gasteiger partial charge in [0.05, 0.1) is 8.95 Å². The van der Waals surface area contributed by atoms with E-state index in [1.165, 1.54) is 0 Å². The van der Waals surface area contributed by atoms with Crippen molar-refractivity contribution in [2.24, 2.45) is 0 Å². The van der Waals surface area contributed by atoms with E-state index < -0.39 is 3.23 Å². The van der Waals surface area contributed by atoms with Gasteiger partial charge in [-0.25, -0.2) is 0 Å². The number of aromatic hydroxyl groups is 1. The predicted octanol–water partition coefficient (Wildman–Crippen LogP) is 10.5. The summed E-state index contributed by atoms with van der Waals surface area (Å²) in [7, 11) is 0. The monoisotopic (exact) mass is 963 g/mol. The molecule has 0 aromatic heterocycles. The fourth-order valence-corrected chi connectivity index (χ4v) is 9.01. The smallest absolute Gasteiger partial charge is 0.137 e. The standard InChI is InChI=1S/C13H2Br10O/c14-3-1-2(5(15)8(18)6(3)16)13(22,23)4-7(17)9(19)10(20)11(21)12(4)24/h1,24H. The average molecular weight is 973 g/mol. The molecule has 0 amide bonds. The van der Waals surface area contributed by atoms with Gasteiger partial charge < -0.3 is 5.11 Å². The lowest BCUT2D eigenvalue weighted by atomic mass is 10.0. The molecule has 0 spiro atoms. The van der Waals surface area contributed by atoms with Crippen LogP contribution in [0.1, 0.15) is 11.1 Å². The number of hydrogen-bond donors (Lipinski definition) is 1. The fourth-order valence-electron chi connectivity index (χ4n) is 1.84. The Morgan fingerprint density at radius 1 is 0.625 bits per heavy atom. The molecule has 24 heavy (non-hydrogen) atoms. The summed E-state index contributed by atoms with van der Waals surface area (Å²) >= 11 is 35.6. The highest BCUT2D eigenvalue weighted by atomic mass is 79.9. The third-order valence-electron chi connectivity index (χ3n) is 3.00. The van der Waals surface area contributed by atoms with Gasteiger partial charge in [-0.3, -0.25) is 0 Å². The van der Waals surface area contributed by atoms with Crippen LogP contribution in [0, 0.1) is 0 Å². The zero-order valence-corrected chi connectivity index (χ0v) is 26.7. The molecule has 0 atom stereocenters. The second-order valence-corrected chi connectivity index (χ2v) is 14.3. The molecule has 0 unspecified atom stereocenters. The van der Waals surface area contributed by atoms with Crippen molar-refractivity contribution in [2.75, 3.05) is 0 Å². The van der Waals surface area contributed by atoms with Crippen molar-refractivity contribution >= 4 is 159 Å². The van der Waals surface area contributed by atoms with Crippen molar-refractivity contribution in [3.8, 4) is 5.75 Å². The highest BCUT2D eigenvalue weighted by molar-refractivity contribution is 9.25. The van der Waals surface area contributed by atoms with Crippen molar-refractivity contribution in [1.29, 1.82) is 0 Å². The van der Waals surface area contributed by atoms with E-state index in [9.17, 15) is 5.11 Å². The van der Waals surface area contributed by atoms with Crippen molar-refractivity contribution in [3.05, 3.63) is 53.0 Å². The van der Waals surface area contributed by atoms with Crippen LogP contribution in [0.3, 0.4) is 0 Å². The first kappa shape index (κ1) is 23.3. The van der Waals surface area contributed by atoms with Crippen LogP contribution in [0.15, 0.2) is 41.8 Å². The van der Waals surface area contributed by atoms with E-state index in [1.807, 2.05) is 6.07 Å². The lowest BCUT2D eigenvalue weighted by Gasteiger charge is -2.28. The first-order valence-corrected chi connectivity index (χ1v) is 13.6. The summed E-state index contributed by atoms with van der Waals surface area (Å²) in [5.74, 6) is 0.0905. The molecule has 2 rings (SSSR count). The Hall–Kier alpha value is 3.04. The van der Waals surface area contributed by atoms with E-state index in [1.54, 1.807) is 0 Å². The Balaban J connectivity index is 2.88. The summed E-state index contributed by atoms with van der Waals surface area (Å²) < 4.78 is 5.28. The lowest BCUT2D eigenvalue weighted by Crippen LogP contribution is -2.14. The van der Waals surface area contributed by atoms with Crippen molar-refractivity contribution < 1.29 is 5.11 Å². The van der Waals surface area contributed by atoms with E-state index in [4.69, 9.17) is 0 Å². The number of alkyl halides is 2. The predicted molar refractivity (Wildman–Crippen MR) is 135 cm³/mol. The van der Waals surface area contributed by atoms with Crippen molar-refractivity contribution in [3.63, 3.8) is 0 Å². The fraction of sp³-hybridized carbons (Fsp3) is 0.0769. The molecular formula is C13H2Br10O. The van der Waals surface area contributed by atoms with Gasteiger partial charge in [0.1, 0.15) is 8.98 Å². The highest BCUT2D eigenvalue weighted by Crippen LogP contribution is 2.58. The van der Waals surface area contributed by atoms with Crippen LogP contribution in [0.25, 0.3) is 0 Å². The Morgan fingerprint density at radius 2 is 1.08 bits per heavy atom. The molecule has 0 bridgehead atoms. The molecule has 0 aliphatic heterocycles. The zero-order valence-electron chi connectivity index (χ0n) is 10.8. The first-order chi connectivity index (χ1) is 10.9. The third-order valence-corrected chi connectivity index (χ3v) is 14.1. The van der Waals surface area contributed by atoms with Gasteiger partial charge in [0.2, 0.25) is 0 Å². The maximum atomic E-state index is 10.7. The molecule has 0 saturated carbocycles. The summed E-state index contributed by atoms with van der Waals surface area (Å²) in [5.41, 5.74) is 1.45. The number of phenols is 1. The first-order valence-electron chi connectivity index (χ1n) is 5.69. The average Bonchev–Trinajstić information content (AvgIpc) is 2.52. The Kier molecular flexibility index (Phi) is 8.56. The summed E-state index contributed by atoms with van der Waals surface area (Å²) in [4.78, 5) is 0. The number of hydrogen-bond acceptors (Lipinski definition) is 1. The molecular weight excluding hydrogens is 971 g/mol. The number of phenolic OH excluding ortho intramolecular Hbond substituents is 1. The molecule has 0 aliphatic carbocycles. The van der Waals surface area contributed by atoms with Crippen molar-refractivity contribution in [1.82, 2.24) is 0 Å². The van der Waals surface area contributed by atoms with Crippen LogP contribution in [-0.4, -0.2) is 5.11 Å². The SMILES string of the molecule is Oc1c(Br)c(Br)c(Br)c(Br)c1C(Br)(Br)c1cc(Br)c(Br)c(Br)c1Br. The minimum absolute atomic E-state index is 0.0905. The van der Waals surface area contributed by atoms with Gasteiger partial charge >= 0.3 is 0 Å². The second kappa shape index (κ2) is 8.81. The van der Waals surface area contributed by atoms with Gasteiger partial charge in [-0.15, -0.1) is 0 Å². The normalized spacial score (nSPS) is 11.9. The van der Waals surface area contributed by atoms with Crippen molar-refractivity contribution in [2.45, 2.75) is 3.23 Å². The van der Waals surface area contributed by atoms with Gasteiger partial charge in [0.25, 0.3) is 0 Å². The maximum Gasteiger partial charge on any atom is 0.137 e. The molecule has 0 fully saturated rings. The van der Waals surface area contributed by atoms with E-state index in [0.717, 1.165) is 27.9 Å². The van der Waals surface area contributed by atoms with Crippen LogP contribution in [0.2, 0.25) is 0 Å². The molecule has 1 N–H and O–H groups in total. The molecule has 0 aliphatic rings. The molecule has 2 aromatic rings. The van der Waals surface area contributed by atoms with Gasteiger partial charge in [0.15, 0.2) is 0 Å². The van der Waals surface area contributed by atoms with Gasteiger partial charge in [0, 0.05) is 38.0 Å². The third kappa shape index (κ3) is 4.15. The molecule has 0 heterocycles. The molecule has 2 aromatic carbocycles. The summed E-state index contributed by atoms with van der Waals surface area (Å²) in [6, 6.07) is 1.94. The minimum Gasteiger partial charge on any atom is -0.506 e. The number of halogens is 10. The summed E-state index contributed by atoms with van der Waals surface area (Å²) in [6.45, 7) is 0. The van der Waals surface area contributed by atoms with Crippen LogP contribution < -0.4 is 0 Å². The van der Waals surface area contributed by atoms with Gasteiger partial charge in [-0.05, 0) is 134 Å². The second-order valence-electron chi connectivity index (χ2n) is 4.40. The van der Waals surface area contributed by atoms with Crippen LogP contribution >= 0.6 is 159 Å². The van der Waals surface area contributed by atoms with Crippen LogP contribution in [-0.2, 0) is 3.23 Å². The highest BCUT2D eigenvalue weighted by Gasteiger charge is 2.38. The van der Waals surface area contributed by atoms with E-state index in [2.05, 4.69) is 159 Å². The molecule has 0 saturated heterocycles. The van der Waals surface area contributed by atoms with E-state index in [-0.39, 0.29) is 5.75 Å². The number of rotatable bonds is 2. The molecule has 11 heteroatoms. The van der Waals surface area contributed by atoms with Crippen LogP contribution in [0.4, 0.5) is 0 Å². The Morgan fingerprint density at radius 3 is 1.62 bits per heavy atom. The molecule has 130 valence electrons. The van der Waals surface area contributed by atoms with E-state index in [0.29, 0.717) is 19.0 Å². The Bertz CT molecular complexity index is 817. The topological polar surface area (TPSA) is 20.2 Å². The van der Waals surface area contributed by atoms with Gasteiger partial charge in [-0.1, -0.05) is 31.9 Å². The largest absolute Gasteiger partial charge is 0.506 e. The quantitative estimate of drug-likeness (QED) is 0.181. The molecule has 0 radical (unpaired) electrons. The zero-order chi connectivity index (χ0) is 18.6. The summed E-state index contributed by atoms with van der Waals surface area (Å²) in [6.07, 6.45) is 0. The minimum atomic E-state index is -0.876. The summed E-state index contributed by atoms with van der Waals surface area (Å²) in [5, 5.41) is 10.7. The maximum absolute atomic E-state index is 10.7. The van der Waals surface area contributed by atoms with Crippen LogP contribution in [0.5, 0.6) is 5.75 Å². The van der Waals surface area contributed by atoms with Gasteiger partial charge in [-0.2, -0.15) is 0 Å². The Labute approximate surface area is 222 Å². The number of benzene rings is 2. The molecule has 1 nitrogen and oxygen atoms in total. The lowest BCUT2D eigenvalue weighted by molar-refractivity contribution is 0.463.